The number of hydrogen-bond donors (Lipinski definition) is 2. The molecule has 0 aliphatic heterocycles. The first kappa shape index (κ1) is 25.2. The Bertz CT molecular complexity index is 1300. The number of carbonyl (C=O) groups is 3. The van der Waals surface area contributed by atoms with E-state index in [0.717, 1.165) is 31.7 Å². The summed E-state index contributed by atoms with van der Waals surface area (Å²) in [6.45, 7) is 0.189. The second kappa shape index (κ2) is 10.8. The van der Waals surface area contributed by atoms with Gasteiger partial charge in [0.15, 0.2) is 11.6 Å². The van der Waals surface area contributed by atoms with E-state index in [-0.39, 0.29) is 42.1 Å². The molecule has 2 aromatic carbocycles. The molecule has 3 amide bonds. The summed E-state index contributed by atoms with van der Waals surface area (Å²) < 4.78 is 20.7. The fourth-order valence-electron chi connectivity index (χ4n) is 4.60. The van der Waals surface area contributed by atoms with Crippen molar-refractivity contribution in [3.8, 4) is 5.75 Å². The van der Waals surface area contributed by atoms with Crippen LogP contribution in [0.4, 0.5) is 16.0 Å². The number of carbonyl (C=O) groups excluding carboxylic acids is 3. The molecule has 9 nitrogen and oxygen atoms in total. The topological polar surface area (TPSA) is 120 Å². The number of ether oxygens (including phenoxy) is 1. The zero-order valence-corrected chi connectivity index (χ0v) is 20.4. The van der Waals surface area contributed by atoms with Gasteiger partial charge in [-0.2, -0.15) is 0 Å². The van der Waals surface area contributed by atoms with Crippen LogP contribution in [0.25, 0.3) is 11.0 Å². The third kappa shape index (κ3) is 5.32. The van der Waals surface area contributed by atoms with E-state index in [0.29, 0.717) is 16.7 Å². The minimum absolute atomic E-state index is 0.0207. The summed E-state index contributed by atoms with van der Waals surface area (Å²) in [6, 6.07) is 9.28. The van der Waals surface area contributed by atoms with Crippen molar-refractivity contribution in [3.63, 3.8) is 0 Å². The van der Waals surface area contributed by atoms with E-state index in [1.807, 2.05) is 6.07 Å². The SMILES string of the molecule is COc1ccc(C(=O)Nc2nc3cc(N(C)C(=O)C4CCCCC4)ccc3n2CCC(N)=O)cc1F. The number of methoxy groups -OCH3 is 1. The Morgan fingerprint density at radius 3 is 2.58 bits per heavy atom. The molecular formula is C26H30FN5O4. The number of nitrogens with two attached hydrogens (primary N) is 1. The maximum absolute atomic E-state index is 14.1. The standard InChI is InChI=1S/C26H30FN5O4/c1-31(25(35)16-6-4-3-5-7-16)18-9-10-21-20(15-18)29-26(32(21)13-12-23(28)33)30-24(34)17-8-11-22(36-2)19(27)14-17/h8-11,14-16H,3-7,12-13H2,1-2H3,(H2,28,33)(H,29,30,34). The van der Waals surface area contributed by atoms with Gasteiger partial charge in [-0.1, -0.05) is 19.3 Å². The van der Waals surface area contributed by atoms with E-state index in [1.54, 1.807) is 28.6 Å². The zero-order chi connectivity index (χ0) is 25.8. The Balaban J connectivity index is 1.63. The van der Waals surface area contributed by atoms with Crippen LogP contribution in [0.3, 0.4) is 0 Å². The molecule has 1 aliphatic rings. The summed E-state index contributed by atoms with van der Waals surface area (Å²) >= 11 is 0. The van der Waals surface area contributed by atoms with Crippen molar-refractivity contribution in [1.82, 2.24) is 9.55 Å². The van der Waals surface area contributed by atoms with Crippen molar-refractivity contribution in [2.75, 3.05) is 24.4 Å². The van der Waals surface area contributed by atoms with Crippen LogP contribution in [0, 0.1) is 11.7 Å². The zero-order valence-electron chi connectivity index (χ0n) is 20.4. The molecule has 0 radical (unpaired) electrons. The van der Waals surface area contributed by atoms with Crippen LogP contribution in [0.5, 0.6) is 5.75 Å². The quantitative estimate of drug-likeness (QED) is 0.492. The first-order valence-corrected chi connectivity index (χ1v) is 12.0. The number of imidazole rings is 1. The number of aryl methyl sites for hydroxylation is 1. The molecule has 36 heavy (non-hydrogen) atoms. The average molecular weight is 496 g/mol. The van der Waals surface area contributed by atoms with Crippen LogP contribution in [-0.4, -0.2) is 41.4 Å². The number of nitrogens with one attached hydrogen (secondary N) is 1. The minimum atomic E-state index is -0.664. The third-order valence-corrected chi connectivity index (χ3v) is 6.63. The first-order chi connectivity index (χ1) is 17.3. The molecule has 0 spiro atoms. The molecule has 0 bridgehead atoms. The number of hydrogen-bond acceptors (Lipinski definition) is 5. The lowest BCUT2D eigenvalue weighted by molar-refractivity contribution is -0.123. The highest BCUT2D eigenvalue weighted by Crippen LogP contribution is 2.30. The highest BCUT2D eigenvalue weighted by Gasteiger charge is 2.25. The van der Waals surface area contributed by atoms with Gasteiger partial charge in [-0.15, -0.1) is 0 Å². The van der Waals surface area contributed by atoms with Crippen molar-refractivity contribution >= 4 is 40.4 Å². The Labute approximate surface area is 208 Å². The van der Waals surface area contributed by atoms with E-state index >= 15 is 0 Å². The predicted octanol–water partition coefficient (Wildman–Crippen LogP) is 3.85. The molecule has 1 saturated carbocycles. The van der Waals surface area contributed by atoms with Crippen LogP contribution in [0.2, 0.25) is 0 Å². The van der Waals surface area contributed by atoms with Gasteiger partial charge in [0.1, 0.15) is 0 Å². The van der Waals surface area contributed by atoms with Gasteiger partial charge in [0.25, 0.3) is 5.91 Å². The van der Waals surface area contributed by atoms with E-state index < -0.39 is 17.6 Å². The number of nitrogens with zero attached hydrogens (tertiary/aromatic N) is 3. The van der Waals surface area contributed by atoms with E-state index in [9.17, 15) is 18.8 Å². The Hall–Kier alpha value is -3.95. The van der Waals surface area contributed by atoms with Gasteiger partial charge in [0.2, 0.25) is 17.8 Å². The molecule has 4 rings (SSSR count). The average Bonchev–Trinajstić information content (AvgIpc) is 3.22. The predicted molar refractivity (Wildman–Crippen MR) is 134 cm³/mol. The molecule has 3 N–H and O–H groups in total. The van der Waals surface area contributed by atoms with Gasteiger partial charge in [0, 0.05) is 37.2 Å². The molecule has 10 heteroatoms. The van der Waals surface area contributed by atoms with Crippen LogP contribution in [-0.2, 0) is 16.1 Å². The smallest absolute Gasteiger partial charge is 0.258 e. The fourth-order valence-corrected chi connectivity index (χ4v) is 4.60. The molecule has 1 heterocycles. The van der Waals surface area contributed by atoms with Crippen molar-refractivity contribution in [2.24, 2.45) is 11.7 Å². The van der Waals surface area contributed by atoms with Crippen molar-refractivity contribution in [3.05, 3.63) is 47.8 Å². The second-order valence-electron chi connectivity index (χ2n) is 9.01. The number of fused-ring (bicyclic) bond motifs is 1. The van der Waals surface area contributed by atoms with Crippen LogP contribution < -0.4 is 20.7 Å². The third-order valence-electron chi connectivity index (χ3n) is 6.63. The number of benzene rings is 2. The largest absolute Gasteiger partial charge is 0.494 e. The first-order valence-electron chi connectivity index (χ1n) is 12.0. The minimum Gasteiger partial charge on any atom is -0.494 e. The lowest BCUT2D eigenvalue weighted by Crippen LogP contribution is -2.33. The molecule has 1 aliphatic carbocycles. The summed E-state index contributed by atoms with van der Waals surface area (Å²) in [6.07, 6.45) is 5.13. The Kier molecular flexibility index (Phi) is 7.52. The van der Waals surface area contributed by atoms with Crippen molar-refractivity contribution in [2.45, 2.75) is 45.1 Å². The van der Waals surface area contributed by atoms with Crippen LogP contribution in [0.1, 0.15) is 48.9 Å². The number of amides is 3. The summed E-state index contributed by atoms with van der Waals surface area (Å²) in [5, 5.41) is 2.70. The van der Waals surface area contributed by atoms with Gasteiger partial charge in [-0.05, 0) is 49.2 Å². The molecule has 0 saturated heterocycles. The summed E-state index contributed by atoms with van der Waals surface area (Å²) in [5.41, 5.74) is 7.32. The molecule has 3 aromatic rings. The van der Waals surface area contributed by atoms with Crippen molar-refractivity contribution in [1.29, 1.82) is 0 Å². The summed E-state index contributed by atoms with van der Waals surface area (Å²) in [5.74, 6) is -1.42. The van der Waals surface area contributed by atoms with Gasteiger partial charge in [-0.3, -0.25) is 19.7 Å². The number of anilines is 2. The second-order valence-corrected chi connectivity index (χ2v) is 9.01. The van der Waals surface area contributed by atoms with E-state index in [1.165, 1.54) is 25.7 Å². The molecule has 0 atom stereocenters. The maximum atomic E-state index is 14.1. The van der Waals surface area contributed by atoms with Gasteiger partial charge < -0.3 is 19.9 Å². The van der Waals surface area contributed by atoms with Crippen LogP contribution >= 0.6 is 0 Å². The summed E-state index contributed by atoms with van der Waals surface area (Å²) in [7, 11) is 3.09. The number of primary amides is 1. The highest BCUT2D eigenvalue weighted by molar-refractivity contribution is 6.04. The molecule has 1 fully saturated rings. The van der Waals surface area contributed by atoms with Gasteiger partial charge in [0.05, 0.1) is 18.1 Å². The van der Waals surface area contributed by atoms with Gasteiger partial charge in [-0.25, -0.2) is 9.37 Å². The summed E-state index contributed by atoms with van der Waals surface area (Å²) in [4.78, 5) is 43.5. The van der Waals surface area contributed by atoms with Gasteiger partial charge >= 0.3 is 0 Å². The van der Waals surface area contributed by atoms with Crippen LogP contribution in [0.15, 0.2) is 36.4 Å². The molecule has 1 aromatic heterocycles. The molecular weight excluding hydrogens is 465 g/mol. The van der Waals surface area contributed by atoms with E-state index in [4.69, 9.17) is 10.5 Å². The number of halogens is 1. The number of aromatic nitrogens is 2. The Morgan fingerprint density at radius 1 is 1.17 bits per heavy atom. The van der Waals surface area contributed by atoms with Crippen molar-refractivity contribution < 1.29 is 23.5 Å². The number of rotatable bonds is 8. The Morgan fingerprint density at radius 2 is 1.92 bits per heavy atom. The highest BCUT2D eigenvalue weighted by atomic mass is 19.1. The fraction of sp³-hybridized carbons (Fsp3) is 0.385. The lowest BCUT2D eigenvalue weighted by Gasteiger charge is -2.26. The molecule has 0 unspecified atom stereocenters. The monoisotopic (exact) mass is 495 g/mol. The lowest BCUT2D eigenvalue weighted by atomic mass is 9.88. The van der Waals surface area contributed by atoms with E-state index in [2.05, 4.69) is 10.3 Å². The molecule has 190 valence electrons. The normalized spacial score (nSPS) is 14.0. The maximum Gasteiger partial charge on any atom is 0.258 e.